The molecular weight excluding hydrogens is 368 g/mol. The number of carbonyl (C=O) groups excluding carboxylic acids is 1. The van der Waals surface area contributed by atoms with Crippen molar-refractivity contribution < 1.29 is 19.0 Å². The van der Waals surface area contributed by atoms with E-state index in [1.165, 1.54) is 24.8 Å². The lowest BCUT2D eigenvalue weighted by atomic mass is 9.89. The van der Waals surface area contributed by atoms with E-state index in [0.29, 0.717) is 39.3 Å². The minimum absolute atomic E-state index is 0.218. The Balaban J connectivity index is 1.16. The van der Waals surface area contributed by atoms with Gasteiger partial charge >= 0.3 is 0 Å². The number of rotatable bonds is 4. The van der Waals surface area contributed by atoms with E-state index in [9.17, 15) is 4.79 Å². The summed E-state index contributed by atoms with van der Waals surface area (Å²) >= 11 is 0. The van der Waals surface area contributed by atoms with Gasteiger partial charge in [0.1, 0.15) is 5.75 Å². The fourth-order valence-corrected chi connectivity index (χ4v) is 4.89. The number of fused-ring (bicyclic) bond motifs is 1. The number of likely N-dealkylation sites (tertiary alicyclic amines) is 1. The summed E-state index contributed by atoms with van der Waals surface area (Å²) in [7, 11) is 0. The van der Waals surface area contributed by atoms with E-state index < -0.39 is 5.79 Å². The third-order valence-electron chi connectivity index (χ3n) is 7.05. The van der Waals surface area contributed by atoms with Crippen LogP contribution in [-0.2, 0) is 27.3 Å². The molecule has 3 aliphatic heterocycles. The summed E-state index contributed by atoms with van der Waals surface area (Å²) in [5.74, 6) is 0.730. The van der Waals surface area contributed by atoms with Crippen LogP contribution in [0.25, 0.3) is 0 Å². The molecule has 1 aromatic carbocycles. The highest BCUT2D eigenvalue weighted by Gasteiger charge is 2.42. The first-order valence-electron chi connectivity index (χ1n) is 11.3. The number of hydrogen-bond donors (Lipinski definition) is 0. The lowest BCUT2D eigenvalue weighted by molar-refractivity contribution is -0.231. The number of morpholine rings is 1. The Bertz CT molecular complexity index is 734. The zero-order valence-electron chi connectivity index (χ0n) is 17.2. The largest absolute Gasteiger partial charge is 0.462 e. The SMILES string of the molecule is O=C(CCc1ccc2c(c1)COC1(CCN(C3CCC3)CC1)O2)N1CCOCC1. The molecule has 5 rings (SSSR count). The lowest BCUT2D eigenvalue weighted by Gasteiger charge is -2.47. The van der Waals surface area contributed by atoms with Crippen molar-refractivity contribution in [3.63, 3.8) is 0 Å². The van der Waals surface area contributed by atoms with Gasteiger partial charge in [0.05, 0.1) is 19.8 Å². The van der Waals surface area contributed by atoms with Crippen LogP contribution in [-0.4, -0.2) is 66.9 Å². The first-order chi connectivity index (χ1) is 14.2. The molecule has 0 radical (unpaired) electrons. The van der Waals surface area contributed by atoms with Crippen LogP contribution in [0.3, 0.4) is 0 Å². The molecule has 0 N–H and O–H groups in total. The monoisotopic (exact) mass is 400 g/mol. The smallest absolute Gasteiger partial charge is 0.223 e. The fourth-order valence-electron chi connectivity index (χ4n) is 4.89. The number of nitrogens with zero attached hydrogens (tertiary/aromatic N) is 2. The Hall–Kier alpha value is -1.63. The summed E-state index contributed by atoms with van der Waals surface area (Å²) < 4.78 is 18.0. The molecule has 1 aromatic rings. The molecule has 0 bridgehead atoms. The van der Waals surface area contributed by atoms with Crippen LogP contribution >= 0.6 is 0 Å². The number of benzene rings is 1. The number of hydrogen-bond acceptors (Lipinski definition) is 5. The van der Waals surface area contributed by atoms with E-state index in [1.54, 1.807) is 0 Å². The predicted molar refractivity (Wildman–Crippen MR) is 109 cm³/mol. The van der Waals surface area contributed by atoms with Crippen molar-refractivity contribution >= 4 is 5.91 Å². The molecule has 0 unspecified atom stereocenters. The van der Waals surface area contributed by atoms with Gasteiger partial charge in [0.2, 0.25) is 11.7 Å². The maximum atomic E-state index is 12.4. The summed E-state index contributed by atoms with van der Waals surface area (Å²) in [4.78, 5) is 16.9. The summed E-state index contributed by atoms with van der Waals surface area (Å²) in [5, 5.41) is 0. The Morgan fingerprint density at radius 1 is 1.10 bits per heavy atom. The van der Waals surface area contributed by atoms with Crippen LogP contribution in [0.5, 0.6) is 5.75 Å². The number of carbonyl (C=O) groups is 1. The summed E-state index contributed by atoms with van der Waals surface area (Å²) in [6.07, 6.45) is 7.28. The lowest BCUT2D eigenvalue weighted by Crippen LogP contribution is -2.54. The maximum absolute atomic E-state index is 12.4. The Morgan fingerprint density at radius 3 is 2.62 bits per heavy atom. The molecule has 29 heavy (non-hydrogen) atoms. The standard InChI is InChI=1S/C23H32N2O4/c26-22(25-12-14-27-15-13-25)7-5-18-4-6-21-19(16-18)17-28-23(29-21)8-10-24(11-9-23)20-2-1-3-20/h4,6,16,20H,1-3,5,7-15,17H2. The third kappa shape index (κ3) is 4.16. The van der Waals surface area contributed by atoms with Crippen molar-refractivity contribution in [2.24, 2.45) is 0 Å². The van der Waals surface area contributed by atoms with Gasteiger partial charge in [0, 0.05) is 57.0 Å². The van der Waals surface area contributed by atoms with E-state index in [-0.39, 0.29) is 5.91 Å². The number of piperidine rings is 1. The van der Waals surface area contributed by atoms with Gasteiger partial charge in [-0.05, 0) is 37.0 Å². The zero-order valence-corrected chi connectivity index (χ0v) is 17.2. The summed E-state index contributed by atoms with van der Waals surface area (Å²) in [6, 6.07) is 7.13. The molecule has 0 atom stereocenters. The second-order valence-electron chi connectivity index (χ2n) is 8.86. The van der Waals surface area contributed by atoms with Gasteiger partial charge in [-0.2, -0.15) is 0 Å². The second kappa shape index (κ2) is 8.25. The molecule has 1 aliphatic carbocycles. The molecule has 1 amide bonds. The van der Waals surface area contributed by atoms with Crippen molar-refractivity contribution in [2.45, 2.75) is 63.4 Å². The molecule has 2 saturated heterocycles. The van der Waals surface area contributed by atoms with Gasteiger partial charge in [-0.3, -0.25) is 9.69 Å². The molecular formula is C23H32N2O4. The normalized spacial score (nSPS) is 24.6. The minimum atomic E-state index is -0.443. The minimum Gasteiger partial charge on any atom is -0.462 e. The molecule has 6 heteroatoms. The van der Waals surface area contributed by atoms with E-state index in [0.717, 1.165) is 49.7 Å². The summed E-state index contributed by atoms with van der Waals surface area (Å²) in [5.41, 5.74) is 2.28. The highest BCUT2D eigenvalue weighted by atomic mass is 16.7. The van der Waals surface area contributed by atoms with Crippen molar-refractivity contribution in [2.75, 3.05) is 39.4 Å². The molecule has 6 nitrogen and oxygen atoms in total. The average molecular weight is 401 g/mol. The number of aryl methyl sites for hydroxylation is 1. The van der Waals surface area contributed by atoms with Crippen LogP contribution in [0.4, 0.5) is 0 Å². The molecule has 1 spiro atoms. The van der Waals surface area contributed by atoms with Crippen molar-refractivity contribution in [3.05, 3.63) is 29.3 Å². The summed E-state index contributed by atoms with van der Waals surface area (Å²) in [6.45, 7) is 5.47. The highest BCUT2D eigenvalue weighted by molar-refractivity contribution is 5.76. The van der Waals surface area contributed by atoms with Gasteiger partial charge < -0.3 is 19.1 Å². The second-order valence-corrected chi connectivity index (χ2v) is 8.86. The first kappa shape index (κ1) is 19.3. The molecule has 1 saturated carbocycles. The van der Waals surface area contributed by atoms with Gasteiger partial charge in [0.15, 0.2) is 0 Å². The van der Waals surface area contributed by atoms with E-state index in [4.69, 9.17) is 14.2 Å². The van der Waals surface area contributed by atoms with Gasteiger partial charge in [-0.1, -0.05) is 12.5 Å². The van der Waals surface area contributed by atoms with Gasteiger partial charge in [0.25, 0.3) is 0 Å². The fraction of sp³-hybridized carbons (Fsp3) is 0.696. The average Bonchev–Trinajstić information content (AvgIpc) is 2.73. The van der Waals surface area contributed by atoms with Crippen LogP contribution in [0.15, 0.2) is 18.2 Å². The topological polar surface area (TPSA) is 51.2 Å². The van der Waals surface area contributed by atoms with Crippen LogP contribution in [0.1, 0.15) is 49.7 Å². The predicted octanol–water partition coefficient (Wildman–Crippen LogP) is 2.73. The van der Waals surface area contributed by atoms with Crippen molar-refractivity contribution in [3.8, 4) is 5.75 Å². The van der Waals surface area contributed by atoms with E-state index in [2.05, 4.69) is 23.1 Å². The molecule has 3 fully saturated rings. The number of amides is 1. The van der Waals surface area contributed by atoms with Crippen molar-refractivity contribution in [1.29, 1.82) is 0 Å². The highest BCUT2D eigenvalue weighted by Crippen LogP contribution is 2.39. The number of ether oxygens (including phenoxy) is 3. The van der Waals surface area contributed by atoms with Gasteiger partial charge in [-0.25, -0.2) is 0 Å². The Labute approximate surface area is 173 Å². The molecule has 0 aromatic heterocycles. The zero-order chi connectivity index (χ0) is 19.7. The first-order valence-corrected chi connectivity index (χ1v) is 11.3. The van der Waals surface area contributed by atoms with Crippen molar-refractivity contribution in [1.82, 2.24) is 9.80 Å². The third-order valence-corrected chi connectivity index (χ3v) is 7.05. The Kier molecular flexibility index (Phi) is 5.50. The van der Waals surface area contributed by atoms with E-state index in [1.807, 2.05) is 4.90 Å². The van der Waals surface area contributed by atoms with Crippen LogP contribution in [0.2, 0.25) is 0 Å². The van der Waals surface area contributed by atoms with Gasteiger partial charge in [-0.15, -0.1) is 0 Å². The molecule has 4 aliphatic rings. The molecule has 158 valence electrons. The maximum Gasteiger partial charge on any atom is 0.223 e. The Morgan fingerprint density at radius 2 is 1.90 bits per heavy atom. The van der Waals surface area contributed by atoms with Crippen LogP contribution < -0.4 is 4.74 Å². The van der Waals surface area contributed by atoms with E-state index >= 15 is 0 Å². The molecule has 3 heterocycles. The van der Waals surface area contributed by atoms with Crippen LogP contribution in [0, 0.1) is 0 Å². The quantitative estimate of drug-likeness (QED) is 0.778.